The Kier molecular flexibility index (Phi) is 7.43. The number of benzene rings is 1. The van der Waals surface area contributed by atoms with Crippen molar-refractivity contribution in [2.24, 2.45) is 5.10 Å². The quantitative estimate of drug-likeness (QED) is 0.265. The molecule has 0 unspecified atom stereocenters. The first-order valence-electron chi connectivity index (χ1n) is 9.82. The summed E-state index contributed by atoms with van der Waals surface area (Å²) in [6.07, 6.45) is 3.53. The van der Waals surface area contributed by atoms with Crippen LogP contribution in [0.15, 0.2) is 47.8 Å². The van der Waals surface area contributed by atoms with Gasteiger partial charge in [0.05, 0.1) is 17.7 Å². The van der Waals surface area contributed by atoms with Gasteiger partial charge in [-0.05, 0) is 35.6 Å². The van der Waals surface area contributed by atoms with Gasteiger partial charge in [0.2, 0.25) is 5.88 Å². The molecule has 0 spiro atoms. The maximum Gasteiger partial charge on any atom is 0.343 e. The van der Waals surface area contributed by atoms with Crippen molar-refractivity contribution in [1.29, 1.82) is 0 Å². The van der Waals surface area contributed by atoms with Gasteiger partial charge in [0, 0.05) is 19.1 Å². The monoisotopic (exact) mass is 469 g/mol. The molecule has 0 aliphatic heterocycles. The molecule has 2 heterocycles. The number of carbonyl (C=O) groups excluding carboxylic acids is 1. The first kappa shape index (κ1) is 23.8. The minimum Gasteiger partial charge on any atom is -0.490 e. The minimum atomic E-state index is -0.623. The molecule has 176 valence electrons. The lowest BCUT2D eigenvalue weighted by molar-refractivity contribution is -0.392. The topological polar surface area (TPSA) is 177 Å². The lowest BCUT2D eigenvalue weighted by atomic mass is 10.2. The smallest absolute Gasteiger partial charge is 0.343 e. The van der Waals surface area contributed by atoms with Crippen molar-refractivity contribution >= 4 is 23.6 Å². The number of rotatable bonds is 10. The van der Waals surface area contributed by atoms with Crippen molar-refractivity contribution in [2.75, 3.05) is 6.61 Å². The minimum absolute atomic E-state index is 0.143. The van der Waals surface area contributed by atoms with E-state index in [1.807, 2.05) is 0 Å². The maximum atomic E-state index is 12.1. The highest BCUT2D eigenvalue weighted by Crippen LogP contribution is 2.32. The van der Waals surface area contributed by atoms with Crippen LogP contribution in [0.4, 0.5) is 11.5 Å². The van der Waals surface area contributed by atoms with Crippen molar-refractivity contribution in [3.8, 4) is 17.4 Å². The van der Waals surface area contributed by atoms with Gasteiger partial charge < -0.3 is 19.6 Å². The number of nitrogens with one attached hydrogen (secondary N) is 1. The van der Waals surface area contributed by atoms with Crippen molar-refractivity contribution in [3.05, 3.63) is 74.3 Å². The van der Waals surface area contributed by atoms with Gasteiger partial charge in [0.15, 0.2) is 23.9 Å². The van der Waals surface area contributed by atoms with Crippen LogP contribution in [0.25, 0.3) is 0 Å². The third-order valence-electron chi connectivity index (χ3n) is 4.34. The van der Waals surface area contributed by atoms with Crippen molar-refractivity contribution < 1.29 is 24.1 Å². The number of hydrogen-bond acceptors (Lipinski definition) is 10. The highest BCUT2D eigenvalue weighted by Gasteiger charge is 2.20. The largest absolute Gasteiger partial charge is 0.490 e. The number of aromatic nitrogens is 3. The molecule has 0 aliphatic rings. The SMILES string of the molecule is CCOc1cc(/C=N/NC(=O)Cn2c([N+](=O)[O-])cnc2C)ccc1Oc1ccc([N+](=O)[O-])cn1. The first-order valence-corrected chi connectivity index (χ1v) is 9.82. The van der Waals surface area contributed by atoms with E-state index in [1.54, 1.807) is 32.0 Å². The van der Waals surface area contributed by atoms with Gasteiger partial charge in [-0.25, -0.2) is 20.0 Å². The molecule has 3 aromatic rings. The van der Waals surface area contributed by atoms with Gasteiger partial charge in [-0.2, -0.15) is 5.10 Å². The molecule has 1 aromatic carbocycles. The van der Waals surface area contributed by atoms with Crippen LogP contribution in [-0.2, 0) is 11.3 Å². The zero-order chi connectivity index (χ0) is 24.7. The molecule has 34 heavy (non-hydrogen) atoms. The lowest BCUT2D eigenvalue weighted by Gasteiger charge is -2.11. The molecular formula is C20H19N7O7. The highest BCUT2D eigenvalue weighted by molar-refractivity contribution is 5.83. The Morgan fingerprint density at radius 3 is 2.59 bits per heavy atom. The molecule has 0 fully saturated rings. The molecular weight excluding hydrogens is 450 g/mol. The average molecular weight is 469 g/mol. The van der Waals surface area contributed by atoms with E-state index >= 15 is 0 Å². The third kappa shape index (κ3) is 5.87. The molecule has 0 aliphatic carbocycles. The van der Waals surface area contributed by atoms with Crippen LogP contribution in [0, 0.1) is 27.2 Å². The Hall–Kier alpha value is -4.88. The highest BCUT2D eigenvalue weighted by atomic mass is 16.6. The fraction of sp³-hybridized carbons (Fsp3) is 0.200. The van der Waals surface area contributed by atoms with Gasteiger partial charge in [-0.1, -0.05) is 0 Å². The summed E-state index contributed by atoms with van der Waals surface area (Å²) in [5.74, 6) is 0.287. The molecule has 0 bridgehead atoms. The van der Waals surface area contributed by atoms with Gasteiger partial charge in [0.25, 0.3) is 11.6 Å². The number of amides is 1. The van der Waals surface area contributed by atoms with Gasteiger partial charge in [-0.15, -0.1) is 0 Å². The number of aryl methyl sites for hydroxylation is 1. The van der Waals surface area contributed by atoms with E-state index in [9.17, 15) is 25.0 Å². The van der Waals surface area contributed by atoms with Crippen molar-refractivity contribution in [3.63, 3.8) is 0 Å². The van der Waals surface area contributed by atoms with Crippen LogP contribution in [0.2, 0.25) is 0 Å². The summed E-state index contributed by atoms with van der Waals surface area (Å²) < 4.78 is 12.4. The fourth-order valence-corrected chi connectivity index (χ4v) is 2.77. The van der Waals surface area contributed by atoms with Crippen LogP contribution < -0.4 is 14.9 Å². The number of nitrogens with zero attached hydrogens (tertiary/aromatic N) is 6. The molecule has 0 atom stereocenters. The Morgan fingerprint density at radius 2 is 1.94 bits per heavy atom. The second-order valence-corrected chi connectivity index (χ2v) is 6.65. The fourth-order valence-electron chi connectivity index (χ4n) is 2.77. The Bertz CT molecular complexity index is 1240. The maximum absolute atomic E-state index is 12.1. The van der Waals surface area contributed by atoms with Crippen molar-refractivity contribution in [1.82, 2.24) is 20.0 Å². The van der Waals surface area contributed by atoms with Crippen LogP contribution in [0.3, 0.4) is 0 Å². The predicted octanol–water partition coefficient (Wildman–Crippen LogP) is 2.74. The Morgan fingerprint density at radius 1 is 1.15 bits per heavy atom. The number of hydrogen-bond donors (Lipinski definition) is 1. The molecule has 14 heteroatoms. The number of imidazole rings is 1. The van der Waals surface area contributed by atoms with Crippen LogP contribution in [0.1, 0.15) is 18.3 Å². The van der Waals surface area contributed by atoms with E-state index in [4.69, 9.17) is 9.47 Å². The zero-order valence-corrected chi connectivity index (χ0v) is 18.1. The molecule has 3 rings (SSSR count). The summed E-state index contributed by atoms with van der Waals surface area (Å²) >= 11 is 0. The summed E-state index contributed by atoms with van der Waals surface area (Å²) in [5.41, 5.74) is 2.71. The summed E-state index contributed by atoms with van der Waals surface area (Å²) in [5, 5.41) is 25.6. The average Bonchev–Trinajstić information content (AvgIpc) is 3.16. The second kappa shape index (κ2) is 10.6. The summed E-state index contributed by atoms with van der Waals surface area (Å²) in [6.45, 7) is 3.35. The number of pyridine rings is 1. The summed E-state index contributed by atoms with van der Waals surface area (Å²) in [7, 11) is 0. The summed E-state index contributed by atoms with van der Waals surface area (Å²) in [6, 6.07) is 7.49. The number of carbonyl (C=O) groups is 1. The van der Waals surface area contributed by atoms with E-state index in [0.29, 0.717) is 29.5 Å². The van der Waals surface area contributed by atoms with Gasteiger partial charge >= 0.3 is 5.82 Å². The zero-order valence-electron chi connectivity index (χ0n) is 18.1. The van der Waals surface area contributed by atoms with E-state index in [0.717, 1.165) is 17.0 Å². The van der Waals surface area contributed by atoms with E-state index in [2.05, 4.69) is 20.5 Å². The van der Waals surface area contributed by atoms with E-state index in [-0.39, 0.29) is 23.9 Å². The number of nitro groups is 2. The molecule has 14 nitrogen and oxygen atoms in total. The standard InChI is InChI=1S/C20H19N7O7/c1-3-33-17-8-14(4-6-16(17)34-19-7-5-15(10-22-19)26(29)30)9-23-24-18(28)12-25-13(2)21-11-20(25)27(31)32/h4-11H,3,12H2,1-2H3,(H,24,28)/b23-9+. The van der Waals surface area contributed by atoms with Crippen molar-refractivity contribution in [2.45, 2.75) is 20.4 Å². The molecule has 0 radical (unpaired) electrons. The lowest BCUT2D eigenvalue weighted by Crippen LogP contribution is -2.24. The summed E-state index contributed by atoms with van der Waals surface area (Å²) in [4.78, 5) is 40.4. The molecule has 1 N–H and O–H groups in total. The first-order chi connectivity index (χ1) is 16.3. The Balaban J connectivity index is 1.67. The third-order valence-corrected chi connectivity index (χ3v) is 4.34. The molecule has 2 aromatic heterocycles. The second-order valence-electron chi connectivity index (χ2n) is 6.65. The molecule has 0 saturated carbocycles. The Labute approximate surface area is 192 Å². The number of ether oxygens (including phenoxy) is 2. The number of hydrazone groups is 1. The van der Waals surface area contributed by atoms with E-state index in [1.165, 1.54) is 18.3 Å². The predicted molar refractivity (Wildman–Crippen MR) is 118 cm³/mol. The molecule has 1 amide bonds. The van der Waals surface area contributed by atoms with Crippen LogP contribution in [0.5, 0.6) is 17.4 Å². The van der Waals surface area contributed by atoms with Gasteiger partial charge in [-0.3, -0.25) is 14.9 Å². The van der Waals surface area contributed by atoms with Crippen LogP contribution in [-0.4, -0.2) is 43.1 Å². The van der Waals surface area contributed by atoms with Gasteiger partial charge in [0.1, 0.15) is 12.4 Å². The van der Waals surface area contributed by atoms with Crippen LogP contribution >= 0.6 is 0 Å². The normalized spacial score (nSPS) is 10.8. The molecule has 0 saturated heterocycles. The van der Waals surface area contributed by atoms with E-state index < -0.39 is 15.8 Å².